The number of rotatable bonds is 5. The van der Waals surface area contributed by atoms with E-state index in [1.165, 1.54) is 6.92 Å². The van der Waals surface area contributed by atoms with E-state index in [0.717, 1.165) is 20.9 Å². The van der Waals surface area contributed by atoms with Crippen LogP contribution in [0.3, 0.4) is 0 Å². The molecule has 134 valence electrons. The third kappa shape index (κ3) is 4.37. The zero-order chi connectivity index (χ0) is 18.7. The molecule has 0 unspecified atom stereocenters. The summed E-state index contributed by atoms with van der Waals surface area (Å²) in [4.78, 5) is 27.9. The normalized spacial score (nSPS) is 11.8. The second-order valence-electron chi connectivity index (χ2n) is 6.03. The second kappa shape index (κ2) is 7.53. The van der Waals surface area contributed by atoms with Gasteiger partial charge in [-0.2, -0.15) is 0 Å². The van der Waals surface area contributed by atoms with E-state index in [1.54, 1.807) is 35.6 Å². The van der Waals surface area contributed by atoms with Crippen molar-refractivity contribution in [3.05, 3.63) is 47.5 Å². The summed E-state index contributed by atoms with van der Waals surface area (Å²) in [5, 5.41) is 9.78. The van der Waals surface area contributed by atoms with Crippen molar-refractivity contribution in [3.8, 4) is 0 Å². The fourth-order valence-electron chi connectivity index (χ4n) is 2.54. The summed E-state index contributed by atoms with van der Waals surface area (Å²) in [6.07, 6.45) is 0. The molecule has 0 fully saturated rings. The molecule has 0 aliphatic rings. The maximum absolute atomic E-state index is 12.4. The molecule has 2 amide bonds. The van der Waals surface area contributed by atoms with E-state index in [-0.39, 0.29) is 11.8 Å². The summed E-state index contributed by atoms with van der Waals surface area (Å²) in [5.41, 5.74) is 3.21. The van der Waals surface area contributed by atoms with Crippen molar-refractivity contribution in [3.63, 3.8) is 0 Å². The quantitative estimate of drug-likeness (QED) is 0.636. The molecule has 0 radical (unpaired) electrons. The Morgan fingerprint density at radius 2 is 1.62 bits per heavy atom. The summed E-state index contributed by atoms with van der Waals surface area (Å²) in [6, 6.07) is 12.5. The highest BCUT2D eigenvalue weighted by atomic mass is 32.1. The van der Waals surface area contributed by atoms with Gasteiger partial charge in [0.1, 0.15) is 6.04 Å². The molecule has 26 heavy (non-hydrogen) atoms. The Hall–Kier alpha value is -2.93. The molecule has 0 aliphatic carbocycles. The third-order valence-corrected chi connectivity index (χ3v) is 4.68. The van der Waals surface area contributed by atoms with E-state index in [9.17, 15) is 9.59 Å². The molecule has 6 nitrogen and oxygen atoms in total. The van der Waals surface area contributed by atoms with Crippen LogP contribution in [0.5, 0.6) is 0 Å². The van der Waals surface area contributed by atoms with Crippen molar-refractivity contribution in [2.75, 3.05) is 16.0 Å². The van der Waals surface area contributed by atoms with Crippen molar-refractivity contribution < 1.29 is 9.59 Å². The summed E-state index contributed by atoms with van der Waals surface area (Å²) in [7, 11) is 0. The summed E-state index contributed by atoms with van der Waals surface area (Å²) >= 11 is 1.63. The Kier molecular flexibility index (Phi) is 5.18. The molecule has 3 aromatic rings. The average molecular weight is 368 g/mol. The van der Waals surface area contributed by atoms with Crippen molar-refractivity contribution in [1.82, 2.24) is 4.98 Å². The van der Waals surface area contributed by atoms with Gasteiger partial charge in [0.15, 0.2) is 0 Å². The second-order valence-corrected chi connectivity index (χ2v) is 7.26. The van der Waals surface area contributed by atoms with Gasteiger partial charge < -0.3 is 16.0 Å². The monoisotopic (exact) mass is 368 g/mol. The summed E-state index contributed by atoms with van der Waals surface area (Å²) < 4.78 is 1.09. The van der Waals surface area contributed by atoms with Crippen LogP contribution in [-0.4, -0.2) is 22.8 Å². The highest BCUT2D eigenvalue weighted by molar-refractivity contribution is 7.18. The third-order valence-electron chi connectivity index (χ3n) is 3.74. The molecule has 2 aromatic carbocycles. The minimum atomic E-state index is -0.406. The standard InChI is InChI=1S/C19H20N4O2S/c1-11(20-16-8-9-17-18(10-16)26-13(3)22-17)19(25)23-15-6-4-14(5-7-15)21-12(2)24/h4-11,20H,1-3H3,(H,21,24)(H,23,25)/t11-/m1/s1. The highest BCUT2D eigenvalue weighted by Gasteiger charge is 2.13. The molecule has 0 saturated carbocycles. The predicted octanol–water partition coefficient (Wildman–Crippen LogP) is 4.00. The van der Waals surface area contributed by atoms with E-state index in [2.05, 4.69) is 20.9 Å². The number of fused-ring (bicyclic) bond motifs is 1. The number of hydrogen-bond acceptors (Lipinski definition) is 5. The van der Waals surface area contributed by atoms with Gasteiger partial charge in [-0.25, -0.2) is 4.98 Å². The van der Waals surface area contributed by atoms with Crippen molar-refractivity contribution >= 4 is 50.4 Å². The van der Waals surface area contributed by atoms with E-state index in [4.69, 9.17) is 0 Å². The number of aryl methyl sites for hydroxylation is 1. The van der Waals surface area contributed by atoms with Crippen molar-refractivity contribution in [1.29, 1.82) is 0 Å². The highest BCUT2D eigenvalue weighted by Crippen LogP contribution is 2.25. The maximum Gasteiger partial charge on any atom is 0.246 e. The molecule has 3 N–H and O–H groups in total. The molecule has 1 atom stereocenters. The lowest BCUT2D eigenvalue weighted by Gasteiger charge is -2.15. The number of nitrogens with zero attached hydrogens (tertiary/aromatic N) is 1. The van der Waals surface area contributed by atoms with Gasteiger partial charge in [-0.1, -0.05) is 0 Å². The van der Waals surface area contributed by atoms with Crippen molar-refractivity contribution in [2.24, 2.45) is 0 Å². The van der Waals surface area contributed by atoms with Gasteiger partial charge in [0.25, 0.3) is 0 Å². The molecule has 3 rings (SSSR count). The Balaban J connectivity index is 1.62. The number of carbonyl (C=O) groups excluding carboxylic acids is 2. The van der Waals surface area contributed by atoms with Crippen LogP contribution in [0.25, 0.3) is 10.2 Å². The molecule has 0 aliphatic heterocycles. The van der Waals surface area contributed by atoms with Crippen LogP contribution in [0.1, 0.15) is 18.9 Å². The lowest BCUT2D eigenvalue weighted by Crippen LogP contribution is -2.31. The maximum atomic E-state index is 12.4. The van der Waals surface area contributed by atoms with E-state index in [1.807, 2.05) is 32.0 Å². The minimum Gasteiger partial charge on any atom is -0.374 e. The van der Waals surface area contributed by atoms with Gasteiger partial charge in [0, 0.05) is 24.0 Å². The molecule has 0 spiro atoms. The van der Waals surface area contributed by atoms with E-state index >= 15 is 0 Å². The first kappa shape index (κ1) is 17.9. The smallest absolute Gasteiger partial charge is 0.246 e. The molecule has 1 heterocycles. The molecule has 7 heteroatoms. The Labute approximate surface area is 155 Å². The van der Waals surface area contributed by atoms with E-state index in [0.29, 0.717) is 11.4 Å². The van der Waals surface area contributed by atoms with Crippen LogP contribution >= 0.6 is 11.3 Å². The number of thiazole rings is 1. The first-order valence-corrected chi connectivity index (χ1v) is 9.04. The number of amides is 2. The summed E-state index contributed by atoms with van der Waals surface area (Å²) in [6.45, 7) is 5.24. The van der Waals surface area contributed by atoms with E-state index < -0.39 is 6.04 Å². The number of anilines is 3. The molecule has 0 saturated heterocycles. The molecule has 1 aromatic heterocycles. The van der Waals surface area contributed by atoms with Crippen molar-refractivity contribution in [2.45, 2.75) is 26.8 Å². The zero-order valence-electron chi connectivity index (χ0n) is 14.8. The number of carbonyl (C=O) groups is 2. The van der Waals surface area contributed by atoms with Gasteiger partial charge in [-0.15, -0.1) is 11.3 Å². The SMILES string of the molecule is CC(=O)Nc1ccc(NC(=O)[C@@H](C)Nc2ccc3nc(C)sc3c2)cc1. The molecule has 0 bridgehead atoms. The van der Waals surface area contributed by atoms with Gasteiger partial charge in [0.2, 0.25) is 11.8 Å². The Morgan fingerprint density at radius 1 is 1.00 bits per heavy atom. The topological polar surface area (TPSA) is 83.1 Å². The van der Waals surface area contributed by atoms with Crippen LogP contribution in [0.15, 0.2) is 42.5 Å². The number of hydrogen-bond donors (Lipinski definition) is 3. The Morgan fingerprint density at radius 3 is 2.27 bits per heavy atom. The van der Waals surface area contributed by atoms with Crippen LogP contribution in [0, 0.1) is 6.92 Å². The van der Waals surface area contributed by atoms with Crippen LogP contribution in [-0.2, 0) is 9.59 Å². The largest absolute Gasteiger partial charge is 0.374 e. The lowest BCUT2D eigenvalue weighted by atomic mass is 10.2. The number of benzene rings is 2. The Bertz CT molecular complexity index is 950. The number of aromatic nitrogens is 1. The lowest BCUT2D eigenvalue weighted by molar-refractivity contribution is -0.116. The van der Waals surface area contributed by atoms with Crippen LogP contribution in [0.2, 0.25) is 0 Å². The van der Waals surface area contributed by atoms with Gasteiger partial charge in [0.05, 0.1) is 15.2 Å². The van der Waals surface area contributed by atoms with Gasteiger partial charge >= 0.3 is 0 Å². The number of nitrogens with one attached hydrogen (secondary N) is 3. The fourth-order valence-corrected chi connectivity index (χ4v) is 3.40. The van der Waals surface area contributed by atoms with Gasteiger partial charge in [-0.3, -0.25) is 9.59 Å². The predicted molar refractivity (Wildman–Crippen MR) is 107 cm³/mol. The minimum absolute atomic E-state index is 0.132. The summed E-state index contributed by atoms with van der Waals surface area (Å²) in [5.74, 6) is -0.273. The first-order chi connectivity index (χ1) is 12.4. The molecular formula is C19H20N4O2S. The zero-order valence-corrected chi connectivity index (χ0v) is 15.6. The van der Waals surface area contributed by atoms with Crippen LogP contribution < -0.4 is 16.0 Å². The first-order valence-electron chi connectivity index (χ1n) is 8.23. The molecular weight excluding hydrogens is 348 g/mol. The van der Waals surface area contributed by atoms with Gasteiger partial charge in [-0.05, 0) is 56.3 Å². The average Bonchev–Trinajstić information content (AvgIpc) is 2.95. The fraction of sp³-hybridized carbons (Fsp3) is 0.211. The van der Waals surface area contributed by atoms with Crippen LogP contribution in [0.4, 0.5) is 17.1 Å².